The summed E-state index contributed by atoms with van der Waals surface area (Å²) in [5, 5.41) is 8.19. The molecule has 0 aliphatic carbocycles. The predicted molar refractivity (Wildman–Crippen MR) is 37.0 cm³/mol. The van der Waals surface area contributed by atoms with E-state index in [4.69, 9.17) is 16.8 Å². The van der Waals surface area contributed by atoms with Gasteiger partial charge in [-0.3, -0.25) is 10.0 Å². The van der Waals surface area contributed by atoms with Crippen LogP contribution in [0.2, 0.25) is 0 Å². The number of rotatable bonds is 3. The molecule has 0 aromatic heterocycles. The van der Waals surface area contributed by atoms with E-state index in [1.165, 1.54) is 0 Å². The number of carbonyl (C=O) groups excluding carboxylic acids is 1. The van der Waals surface area contributed by atoms with Gasteiger partial charge in [0, 0.05) is 0 Å². The second-order valence-electron chi connectivity index (χ2n) is 2.36. The molecule has 0 aliphatic rings. The monoisotopic (exact) mass is 221 g/mol. The third kappa shape index (κ3) is 4.91. The lowest BCUT2D eigenvalue weighted by atomic mass is 10.3. The van der Waals surface area contributed by atoms with Crippen LogP contribution in [0.25, 0.3) is 0 Å². The van der Waals surface area contributed by atoms with E-state index in [2.05, 4.69) is 5.73 Å². The number of quaternary nitrogens is 1. The molecule has 4 nitrogen and oxygen atoms in total. The molecule has 0 bridgehead atoms. The molecule has 0 spiro atoms. The number of amides is 1. The molecule has 0 aromatic carbocycles. The van der Waals surface area contributed by atoms with Gasteiger partial charge in [-0.1, -0.05) is 0 Å². The first kappa shape index (κ1) is 12.5. The zero-order valence-corrected chi connectivity index (χ0v) is 7.27. The summed E-state index contributed by atoms with van der Waals surface area (Å²) in [6.07, 6.45) is -4.63. The summed E-state index contributed by atoms with van der Waals surface area (Å²) in [5.74, 6) is -1.39. The lowest BCUT2D eigenvalue weighted by molar-refractivity contribution is -0.402. The van der Waals surface area contributed by atoms with E-state index in [1.54, 1.807) is 0 Å². The van der Waals surface area contributed by atoms with Crippen LogP contribution in [0.3, 0.4) is 0 Å². The number of hydroxylamine groups is 2. The fraction of sp³-hybridized carbons (Fsp3) is 0.800. The number of nitrogens with zero attached hydrogens (tertiary/aromatic N) is 1. The zero-order valence-electron chi connectivity index (χ0n) is 6.51. The summed E-state index contributed by atoms with van der Waals surface area (Å²) in [7, 11) is 0. The summed E-state index contributed by atoms with van der Waals surface area (Å²) < 4.78 is 34.9. The van der Waals surface area contributed by atoms with Crippen LogP contribution in [-0.4, -0.2) is 40.8 Å². The Morgan fingerprint density at radius 3 is 2.38 bits per heavy atom. The Labute approximate surface area is 77.0 Å². The van der Waals surface area contributed by atoms with Crippen LogP contribution >= 0.6 is 11.6 Å². The van der Waals surface area contributed by atoms with Crippen molar-refractivity contribution in [1.29, 1.82) is 0 Å². The minimum atomic E-state index is -4.63. The SMILES string of the molecule is [NH3+][C@H](CCl)C(=O)N(O)CC(F)(F)F. The Morgan fingerprint density at radius 2 is 2.08 bits per heavy atom. The highest BCUT2D eigenvalue weighted by Crippen LogP contribution is 2.15. The third-order valence-corrected chi connectivity index (χ3v) is 1.49. The van der Waals surface area contributed by atoms with Crippen molar-refractivity contribution in [3.8, 4) is 0 Å². The highest BCUT2D eigenvalue weighted by Gasteiger charge is 2.34. The fourth-order valence-corrected chi connectivity index (χ4v) is 0.656. The summed E-state index contributed by atoms with van der Waals surface area (Å²) in [4.78, 5) is 10.8. The Kier molecular flexibility index (Phi) is 4.45. The summed E-state index contributed by atoms with van der Waals surface area (Å²) in [5.41, 5.74) is 3.16. The second kappa shape index (κ2) is 4.64. The molecule has 1 amide bonds. The fourth-order valence-electron chi connectivity index (χ4n) is 0.524. The maximum absolute atomic E-state index is 11.6. The van der Waals surface area contributed by atoms with E-state index in [1.807, 2.05) is 0 Å². The Hall–Kier alpha value is -0.530. The van der Waals surface area contributed by atoms with Crippen molar-refractivity contribution >= 4 is 17.5 Å². The van der Waals surface area contributed by atoms with Gasteiger partial charge < -0.3 is 5.73 Å². The van der Waals surface area contributed by atoms with E-state index in [9.17, 15) is 18.0 Å². The summed E-state index contributed by atoms with van der Waals surface area (Å²) in [6.45, 7) is -1.71. The number of halogens is 4. The number of hydrogen-bond donors (Lipinski definition) is 2. The van der Waals surface area contributed by atoms with Gasteiger partial charge in [-0.05, 0) is 0 Å². The summed E-state index contributed by atoms with van der Waals surface area (Å²) in [6, 6.07) is -1.07. The molecule has 0 saturated carbocycles. The first-order valence-electron chi connectivity index (χ1n) is 3.24. The lowest BCUT2D eigenvalue weighted by Gasteiger charge is -2.17. The molecule has 78 valence electrons. The minimum Gasteiger partial charge on any atom is -0.346 e. The van der Waals surface area contributed by atoms with Gasteiger partial charge in [-0.2, -0.15) is 13.2 Å². The Balaban J connectivity index is 4.12. The molecule has 4 N–H and O–H groups in total. The first-order chi connectivity index (χ1) is 5.78. The molecule has 0 saturated heterocycles. The lowest BCUT2D eigenvalue weighted by Crippen LogP contribution is -2.69. The van der Waals surface area contributed by atoms with Crippen LogP contribution in [0.5, 0.6) is 0 Å². The smallest absolute Gasteiger partial charge is 0.346 e. The van der Waals surface area contributed by atoms with Crippen molar-refractivity contribution in [3.63, 3.8) is 0 Å². The highest BCUT2D eigenvalue weighted by atomic mass is 35.5. The van der Waals surface area contributed by atoms with Crippen molar-refractivity contribution in [2.45, 2.75) is 12.2 Å². The molecular weight excluding hydrogens is 213 g/mol. The van der Waals surface area contributed by atoms with Gasteiger partial charge >= 0.3 is 12.1 Å². The van der Waals surface area contributed by atoms with Gasteiger partial charge in [0.25, 0.3) is 0 Å². The molecule has 13 heavy (non-hydrogen) atoms. The van der Waals surface area contributed by atoms with Crippen LogP contribution in [0, 0.1) is 0 Å². The van der Waals surface area contributed by atoms with Crippen LogP contribution < -0.4 is 5.73 Å². The number of hydrogen-bond acceptors (Lipinski definition) is 2. The van der Waals surface area contributed by atoms with Crippen molar-refractivity contribution in [1.82, 2.24) is 5.06 Å². The van der Waals surface area contributed by atoms with Crippen molar-refractivity contribution < 1.29 is 28.9 Å². The van der Waals surface area contributed by atoms with Crippen LogP contribution in [0.4, 0.5) is 13.2 Å². The Bertz CT molecular complexity index is 187. The number of alkyl halides is 4. The molecule has 0 heterocycles. The van der Waals surface area contributed by atoms with Crippen molar-refractivity contribution in [3.05, 3.63) is 0 Å². The van der Waals surface area contributed by atoms with Crippen LogP contribution in [-0.2, 0) is 4.79 Å². The normalized spacial score (nSPS) is 14.0. The molecule has 0 fully saturated rings. The van der Waals surface area contributed by atoms with Crippen LogP contribution in [0.15, 0.2) is 0 Å². The molecule has 0 aromatic rings. The largest absolute Gasteiger partial charge is 0.408 e. The predicted octanol–water partition coefficient (Wildman–Crippen LogP) is -0.384. The van der Waals surface area contributed by atoms with E-state index in [0.29, 0.717) is 0 Å². The molecule has 0 unspecified atom stereocenters. The topological polar surface area (TPSA) is 68.2 Å². The first-order valence-corrected chi connectivity index (χ1v) is 3.77. The average molecular weight is 222 g/mol. The molecule has 1 atom stereocenters. The van der Waals surface area contributed by atoms with Crippen molar-refractivity contribution in [2.75, 3.05) is 12.4 Å². The quantitative estimate of drug-likeness (QED) is 0.387. The van der Waals surface area contributed by atoms with Gasteiger partial charge in [0.05, 0.1) is 5.88 Å². The highest BCUT2D eigenvalue weighted by molar-refractivity contribution is 6.19. The third-order valence-electron chi connectivity index (χ3n) is 1.12. The van der Waals surface area contributed by atoms with E-state index in [0.717, 1.165) is 0 Å². The molecule has 0 radical (unpaired) electrons. The minimum absolute atomic E-state index is 0.242. The van der Waals surface area contributed by atoms with E-state index >= 15 is 0 Å². The van der Waals surface area contributed by atoms with Gasteiger partial charge in [0.15, 0.2) is 6.04 Å². The van der Waals surface area contributed by atoms with Crippen molar-refractivity contribution in [2.24, 2.45) is 0 Å². The standard InChI is InChI=1S/C5H8ClF3N2O2/c6-1-3(10)4(12)11(13)2-5(7,8)9/h3,13H,1-2,10H2/p+1/t3-/m1/s1. The maximum Gasteiger partial charge on any atom is 0.408 e. The molecular formula is C5H9ClF3N2O2+. The van der Waals surface area contributed by atoms with Gasteiger partial charge in [-0.25, -0.2) is 5.06 Å². The van der Waals surface area contributed by atoms with E-state index in [-0.39, 0.29) is 5.88 Å². The van der Waals surface area contributed by atoms with Gasteiger partial charge in [0.1, 0.15) is 6.54 Å². The average Bonchev–Trinajstić information content (AvgIpc) is 1.98. The summed E-state index contributed by atoms with van der Waals surface area (Å²) >= 11 is 5.16. The van der Waals surface area contributed by atoms with E-state index < -0.39 is 29.7 Å². The number of carbonyl (C=O) groups is 1. The molecule has 0 rings (SSSR count). The van der Waals surface area contributed by atoms with Gasteiger partial charge in [0.2, 0.25) is 0 Å². The molecule has 8 heteroatoms. The second-order valence-corrected chi connectivity index (χ2v) is 2.67. The maximum atomic E-state index is 11.6. The molecule has 0 aliphatic heterocycles. The Morgan fingerprint density at radius 1 is 1.62 bits per heavy atom. The van der Waals surface area contributed by atoms with Gasteiger partial charge in [-0.15, -0.1) is 11.6 Å². The zero-order chi connectivity index (χ0) is 10.6. The van der Waals surface area contributed by atoms with Crippen LogP contribution in [0.1, 0.15) is 0 Å².